The highest BCUT2D eigenvalue weighted by Gasteiger charge is 2.13. The summed E-state index contributed by atoms with van der Waals surface area (Å²) >= 11 is 0. The van der Waals surface area contributed by atoms with Crippen molar-refractivity contribution in [1.29, 1.82) is 0 Å². The Kier molecular flexibility index (Phi) is 7.98. The van der Waals surface area contributed by atoms with Gasteiger partial charge in [-0.1, -0.05) is 23.3 Å². The van der Waals surface area contributed by atoms with Crippen molar-refractivity contribution in [2.75, 3.05) is 19.8 Å². The Balaban J connectivity index is 2.14. The minimum Gasteiger partial charge on any atom is -0.392 e. The molecule has 0 spiro atoms. The molecule has 0 aromatic heterocycles. The van der Waals surface area contributed by atoms with Crippen LogP contribution in [0.2, 0.25) is 0 Å². The summed E-state index contributed by atoms with van der Waals surface area (Å²) in [4.78, 5) is 0. The van der Waals surface area contributed by atoms with Gasteiger partial charge in [0.1, 0.15) is 0 Å². The smallest absolute Gasteiger partial charge is 0.158 e. The molecule has 1 rings (SSSR count). The van der Waals surface area contributed by atoms with Crippen molar-refractivity contribution >= 4 is 0 Å². The Morgan fingerprint density at radius 2 is 2.11 bits per heavy atom. The first-order chi connectivity index (χ1) is 8.72. The molecule has 0 radical (unpaired) electrons. The summed E-state index contributed by atoms with van der Waals surface area (Å²) in [7, 11) is 0. The number of aliphatic hydroxyl groups excluding tert-OH is 1. The molecule has 1 saturated heterocycles. The molecule has 0 amide bonds. The molecule has 1 N–H and O–H groups in total. The van der Waals surface area contributed by atoms with Crippen molar-refractivity contribution in [2.45, 2.75) is 52.2 Å². The van der Waals surface area contributed by atoms with Crippen LogP contribution < -0.4 is 0 Å². The predicted octanol–water partition coefficient (Wildman–Crippen LogP) is 3.19. The van der Waals surface area contributed by atoms with E-state index >= 15 is 0 Å². The Labute approximate surface area is 110 Å². The summed E-state index contributed by atoms with van der Waals surface area (Å²) in [5, 5.41) is 8.75. The quantitative estimate of drug-likeness (QED) is 0.709. The molecule has 0 aromatic rings. The fourth-order valence-electron chi connectivity index (χ4n) is 1.93. The number of hydrogen-bond donors (Lipinski definition) is 1. The van der Waals surface area contributed by atoms with E-state index in [2.05, 4.69) is 13.0 Å². The molecule has 0 aromatic carbocycles. The molecular formula is C15H26O3. The maximum Gasteiger partial charge on any atom is 0.158 e. The van der Waals surface area contributed by atoms with Crippen LogP contribution in [0.25, 0.3) is 0 Å². The van der Waals surface area contributed by atoms with Crippen LogP contribution in [0.1, 0.15) is 46.0 Å². The predicted molar refractivity (Wildman–Crippen MR) is 73.4 cm³/mol. The number of allylic oxidation sites excluding steroid dienone is 2. The van der Waals surface area contributed by atoms with E-state index in [1.54, 1.807) is 0 Å². The van der Waals surface area contributed by atoms with Gasteiger partial charge in [0.05, 0.1) is 13.2 Å². The van der Waals surface area contributed by atoms with E-state index in [4.69, 9.17) is 14.6 Å². The van der Waals surface area contributed by atoms with Gasteiger partial charge in [-0.15, -0.1) is 0 Å². The van der Waals surface area contributed by atoms with E-state index in [9.17, 15) is 0 Å². The van der Waals surface area contributed by atoms with Crippen LogP contribution in [0, 0.1) is 0 Å². The van der Waals surface area contributed by atoms with Gasteiger partial charge >= 0.3 is 0 Å². The second-order valence-electron chi connectivity index (χ2n) is 4.93. The lowest BCUT2D eigenvalue weighted by atomic mass is 10.1. The molecule has 0 bridgehead atoms. The lowest BCUT2D eigenvalue weighted by Crippen LogP contribution is -2.22. The summed E-state index contributed by atoms with van der Waals surface area (Å²) in [5.74, 6) is 0. The van der Waals surface area contributed by atoms with Crippen molar-refractivity contribution in [2.24, 2.45) is 0 Å². The van der Waals surface area contributed by atoms with Gasteiger partial charge in [-0.2, -0.15) is 0 Å². The molecule has 0 aliphatic carbocycles. The highest BCUT2D eigenvalue weighted by Crippen LogP contribution is 2.15. The molecule has 1 aliphatic rings. The number of rotatable bonds is 7. The van der Waals surface area contributed by atoms with Gasteiger partial charge in [-0.25, -0.2) is 0 Å². The first-order valence-corrected chi connectivity index (χ1v) is 6.87. The van der Waals surface area contributed by atoms with Crippen molar-refractivity contribution in [3.8, 4) is 0 Å². The van der Waals surface area contributed by atoms with Crippen LogP contribution in [0.3, 0.4) is 0 Å². The zero-order valence-corrected chi connectivity index (χ0v) is 11.7. The normalized spacial score (nSPS) is 22.3. The number of ether oxygens (including phenoxy) is 2. The SMILES string of the molecule is C/C(=C/CO)CC/C=C(\C)COC1CCCCO1. The van der Waals surface area contributed by atoms with E-state index in [0.29, 0.717) is 6.61 Å². The van der Waals surface area contributed by atoms with Crippen LogP contribution in [0.15, 0.2) is 23.3 Å². The first-order valence-electron chi connectivity index (χ1n) is 6.87. The van der Waals surface area contributed by atoms with Gasteiger partial charge in [-0.3, -0.25) is 0 Å². The Morgan fingerprint density at radius 3 is 2.78 bits per heavy atom. The summed E-state index contributed by atoms with van der Waals surface area (Å²) in [6.45, 7) is 5.77. The van der Waals surface area contributed by atoms with Gasteiger partial charge in [0, 0.05) is 6.61 Å². The van der Waals surface area contributed by atoms with Gasteiger partial charge in [0.2, 0.25) is 0 Å². The summed E-state index contributed by atoms with van der Waals surface area (Å²) in [5.41, 5.74) is 2.49. The molecule has 1 heterocycles. The maximum absolute atomic E-state index is 8.75. The Morgan fingerprint density at radius 1 is 1.28 bits per heavy atom. The Bertz CT molecular complexity index is 275. The van der Waals surface area contributed by atoms with E-state index in [-0.39, 0.29) is 12.9 Å². The highest BCUT2D eigenvalue weighted by atomic mass is 16.7. The molecule has 0 saturated carbocycles. The minimum atomic E-state index is -0.00174. The zero-order valence-electron chi connectivity index (χ0n) is 11.7. The van der Waals surface area contributed by atoms with E-state index in [1.165, 1.54) is 17.6 Å². The third-order valence-electron chi connectivity index (χ3n) is 3.11. The van der Waals surface area contributed by atoms with Crippen LogP contribution >= 0.6 is 0 Å². The molecule has 1 fully saturated rings. The van der Waals surface area contributed by atoms with Crippen LogP contribution in [-0.2, 0) is 9.47 Å². The summed E-state index contributed by atoms with van der Waals surface area (Å²) in [6, 6.07) is 0. The van der Waals surface area contributed by atoms with Gasteiger partial charge in [-0.05, 0) is 46.0 Å². The third kappa shape index (κ3) is 6.94. The average Bonchev–Trinajstić information content (AvgIpc) is 2.38. The Hall–Kier alpha value is -0.640. The molecule has 1 aliphatic heterocycles. The molecule has 1 unspecified atom stereocenters. The molecule has 1 atom stereocenters. The monoisotopic (exact) mass is 254 g/mol. The summed E-state index contributed by atoms with van der Waals surface area (Å²) < 4.78 is 11.2. The largest absolute Gasteiger partial charge is 0.392 e. The van der Waals surface area contributed by atoms with Gasteiger partial charge in [0.15, 0.2) is 6.29 Å². The minimum absolute atomic E-state index is 0.00174. The second kappa shape index (κ2) is 9.31. The maximum atomic E-state index is 8.75. The molecule has 18 heavy (non-hydrogen) atoms. The van der Waals surface area contributed by atoms with Crippen LogP contribution in [0.5, 0.6) is 0 Å². The molecule has 3 heteroatoms. The number of hydrogen-bond acceptors (Lipinski definition) is 3. The fourth-order valence-corrected chi connectivity index (χ4v) is 1.93. The second-order valence-corrected chi connectivity index (χ2v) is 4.93. The van der Waals surface area contributed by atoms with E-state index in [0.717, 1.165) is 32.3 Å². The fraction of sp³-hybridized carbons (Fsp3) is 0.733. The van der Waals surface area contributed by atoms with Crippen molar-refractivity contribution in [3.63, 3.8) is 0 Å². The summed E-state index contributed by atoms with van der Waals surface area (Å²) in [6.07, 6.45) is 9.45. The number of aliphatic hydroxyl groups is 1. The lowest BCUT2D eigenvalue weighted by molar-refractivity contribution is -0.156. The van der Waals surface area contributed by atoms with Gasteiger partial charge in [0.25, 0.3) is 0 Å². The standard InChI is InChI=1S/C15H26O3/c1-13(9-10-16)6-5-7-14(2)12-18-15-8-3-4-11-17-15/h7,9,15-16H,3-6,8,10-12H2,1-2H3/b13-9-,14-7+. The molecular weight excluding hydrogens is 228 g/mol. The van der Waals surface area contributed by atoms with Gasteiger partial charge < -0.3 is 14.6 Å². The molecule has 3 nitrogen and oxygen atoms in total. The zero-order chi connectivity index (χ0) is 13.2. The third-order valence-corrected chi connectivity index (χ3v) is 3.11. The van der Waals surface area contributed by atoms with Crippen molar-refractivity contribution in [3.05, 3.63) is 23.3 Å². The first kappa shape index (κ1) is 15.4. The average molecular weight is 254 g/mol. The van der Waals surface area contributed by atoms with Crippen molar-refractivity contribution < 1.29 is 14.6 Å². The lowest BCUT2D eigenvalue weighted by Gasteiger charge is -2.22. The van der Waals surface area contributed by atoms with E-state index < -0.39 is 0 Å². The van der Waals surface area contributed by atoms with Crippen LogP contribution in [0.4, 0.5) is 0 Å². The molecule has 104 valence electrons. The topological polar surface area (TPSA) is 38.7 Å². The highest BCUT2D eigenvalue weighted by molar-refractivity contribution is 5.03. The van der Waals surface area contributed by atoms with E-state index in [1.807, 2.05) is 13.0 Å². The van der Waals surface area contributed by atoms with Crippen molar-refractivity contribution in [1.82, 2.24) is 0 Å². The van der Waals surface area contributed by atoms with Crippen LogP contribution in [-0.4, -0.2) is 31.2 Å².